The highest BCUT2D eigenvalue weighted by molar-refractivity contribution is 5.83. The van der Waals surface area contributed by atoms with Gasteiger partial charge in [0, 0.05) is 37.3 Å². The topological polar surface area (TPSA) is 28.9 Å². The van der Waals surface area contributed by atoms with Crippen LogP contribution in [0.1, 0.15) is 31.1 Å². The molecule has 3 aromatic rings. The molecule has 1 unspecified atom stereocenters. The molecule has 2 heterocycles. The number of fused-ring (bicyclic) bond motifs is 1. The average molecular weight is 391 g/mol. The number of furan rings is 1. The highest BCUT2D eigenvalue weighted by Gasteiger charge is 2.18. The predicted octanol–water partition coefficient (Wildman–Crippen LogP) is 5.53. The average Bonchev–Trinajstić information content (AvgIpc) is 3.40. The van der Waals surface area contributed by atoms with Gasteiger partial charge in [-0.2, -0.15) is 0 Å². The molecule has 0 N–H and O–H groups in total. The van der Waals surface area contributed by atoms with Gasteiger partial charge in [-0.25, -0.2) is 0 Å². The smallest absolute Gasteiger partial charge is 0.138 e. The maximum atomic E-state index is 6.03. The fourth-order valence-electron chi connectivity index (χ4n) is 3.77. The zero-order chi connectivity index (χ0) is 20.2. The van der Waals surface area contributed by atoms with Crippen molar-refractivity contribution in [2.75, 3.05) is 38.7 Å². The maximum absolute atomic E-state index is 6.03. The minimum Gasteiger partial charge on any atom is -0.492 e. The van der Waals surface area contributed by atoms with Gasteiger partial charge in [-0.3, -0.25) is 4.90 Å². The van der Waals surface area contributed by atoms with E-state index in [0.29, 0.717) is 12.6 Å². The summed E-state index contributed by atoms with van der Waals surface area (Å²) in [5.74, 6) is 1.71. The Morgan fingerprint density at radius 2 is 1.79 bits per heavy atom. The number of rotatable bonds is 7. The standard InChI is InChI=1S/C25H30N2O2/c1-19(27-14-4-5-15-27)18-28-23-13-9-21-16-24(29-25(21)17-23)12-8-20-6-10-22(11-7-20)26(2)3/h6-13,16-17,19H,4-5,14-15,18H2,1-3H3. The predicted molar refractivity (Wildman–Crippen MR) is 122 cm³/mol. The van der Waals surface area contributed by atoms with Crippen LogP contribution in [-0.2, 0) is 0 Å². The minimum atomic E-state index is 0.446. The lowest BCUT2D eigenvalue weighted by Gasteiger charge is -2.23. The van der Waals surface area contributed by atoms with E-state index in [0.717, 1.165) is 28.0 Å². The zero-order valence-corrected chi connectivity index (χ0v) is 17.6. The molecule has 4 heteroatoms. The number of ether oxygens (including phenoxy) is 1. The van der Waals surface area contributed by atoms with Crippen LogP contribution in [-0.4, -0.2) is 44.7 Å². The molecule has 1 aliphatic heterocycles. The molecule has 1 fully saturated rings. The Morgan fingerprint density at radius 1 is 1.03 bits per heavy atom. The SMILES string of the molecule is CC(COc1ccc2cc(C=Cc3ccc(N(C)C)cc3)oc2c1)N1CCCC1. The minimum absolute atomic E-state index is 0.446. The summed E-state index contributed by atoms with van der Waals surface area (Å²) in [6.45, 7) is 5.33. The Morgan fingerprint density at radius 3 is 2.52 bits per heavy atom. The van der Waals surface area contributed by atoms with Gasteiger partial charge in [0.2, 0.25) is 0 Å². The lowest BCUT2D eigenvalue weighted by molar-refractivity contribution is 0.172. The Bertz CT molecular complexity index is 966. The normalized spacial score (nSPS) is 16.0. The van der Waals surface area contributed by atoms with Crippen LogP contribution < -0.4 is 9.64 Å². The molecule has 0 bridgehead atoms. The number of nitrogens with zero attached hydrogens (tertiary/aromatic N) is 2. The van der Waals surface area contributed by atoms with Crippen LogP contribution in [0.15, 0.2) is 52.9 Å². The lowest BCUT2D eigenvalue weighted by Crippen LogP contribution is -2.34. The molecule has 4 nitrogen and oxygen atoms in total. The highest BCUT2D eigenvalue weighted by Crippen LogP contribution is 2.26. The van der Waals surface area contributed by atoms with Gasteiger partial charge >= 0.3 is 0 Å². The Labute approximate surface area is 173 Å². The number of likely N-dealkylation sites (tertiary alicyclic amines) is 1. The van der Waals surface area contributed by atoms with E-state index in [4.69, 9.17) is 9.15 Å². The first-order chi connectivity index (χ1) is 14.1. The molecule has 1 atom stereocenters. The van der Waals surface area contributed by atoms with Crippen LogP contribution in [0.4, 0.5) is 5.69 Å². The molecule has 0 spiro atoms. The van der Waals surface area contributed by atoms with Gasteiger partial charge in [0.25, 0.3) is 0 Å². The fourth-order valence-corrected chi connectivity index (χ4v) is 3.77. The second-order valence-electron chi connectivity index (χ2n) is 8.07. The number of hydrogen-bond donors (Lipinski definition) is 0. The molecule has 2 aromatic carbocycles. The van der Waals surface area contributed by atoms with E-state index in [2.05, 4.69) is 59.2 Å². The highest BCUT2D eigenvalue weighted by atomic mass is 16.5. The molecule has 0 saturated carbocycles. The molecule has 0 amide bonds. The monoisotopic (exact) mass is 390 g/mol. The van der Waals surface area contributed by atoms with E-state index in [1.54, 1.807) is 0 Å². The summed E-state index contributed by atoms with van der Waals surface area (Å²) in [6, 6.07) is 17.1. The summed E-state index contributed by atoms with van der Waals surface area (Å²) in [4.78, 5) is 4.59. The van der Waals surface area contributed by atoms with Crippen LogP contribution in [0, 0.1) is 0 Å². The van der Waals surface area contributed by atoms with E-state index >= 15 is 0 Å². The second-order valence-corrected chi connectivity index (χ2v) is 8.07. The molecule has 4 rings (SSSR count). The van der Waals surface area contributed by atoms with Gasteiger partial charge in [0.05, 0.1) is 0 Å². The number of hydrogen-bond acceptors (Lipinski definition) is 4. The number of anilines is 1. The van der Waals surface area contributed by atoms with E-state index in [1.165, 1.54) is 31.6 Å². The largest absolute Gasteiger partial charge is 0.492 e. The number of benzene rings is 2. The molecule has 29 heavy (non-hydrogen) atoms. The van der Waals surface area contributed by atoms with Crippen LogP contribution in [0.3, 0.4) is 0 Å². The lowest BCUT2D eigenvalue weighted by atomic mass is 10.1. The van der Waals surface area contributed by atoms with Crippen LogP contribution in [0.25, 0.3) is 23.1 Å². The van der Waals surface area contributed by atoms with Crippen molar-refractivity contribution in [3.8, 4) is 5.75 Å². The fraction of sp³-hybridized carbons (Fsp3) is 0.360. The Balaban J connectivity index is 1.41. The van der Waals surface area contributed by atoms with Crippen molar-refractivity contribution < 1.29 is 9.15 Å². The van der Waals surface area contributed by atoms with Crippen molar-refractivity contribution in [1.82, 2.24) is 4.90 Å². The van der Waals surface area contributed by atoms with Gasteiger partial charge in [-0.15, -0.1) is 0 Å². The first-order valence-electron chi connectivity index (χ1n) is 10.4. The molecule has 1 aromatic heterocycles. The van der Waals surface area contributed by atoms with Crippen molar-refractivity contribution in [3.05, 3.63) is 59.9 Å². The van der Waals surface area contributed by atoms with Gasteiger partial charge < -0.3 is 14.1 Å². The first kappa shape index (κ1) is 19.6. The molecular weight excluding hydrogens is 360 g/mol. The Hall–Kier alpha value is -2.72. The van der Waals surface area contributed by atoms with Crippen LogP contribution in [0.2, 0.25) is 0 Å². The maximum Gasteiger partial charge on any atom is 0.138 e. The molecule has 1 aliphatic rings. The second kappa shape index (κ2) is 8.75. The third-order valence-electron chi connectivity index (χ3n) is 5.62. The summed E-state index contributed by atoms with van der Waals surface area (Å²) in [6.07, 6.45) is 6.70. The first-order valence-corrected chi connectivity index (χ1v) is 10.4. The third kappa shape index (κ3) is 4.83. The van der Waals surface area contributed by atoms with Crippen molar-refractivity contribution in [3.63, 3.8) is 0 Å². The van der Waals surface area contributed by atoms with E-state index in [-0.39, 0.29) is 0 Å². The van der Waals surface area contributed by atoms with E-state index in [9.17, 15) is 0 Å². The van der Waals surface area contributed by atoms with Gasteiger partial charge in [-0.05, 0) is 74.8 Å². The van der Waals surface area contributed by atoms with E-state index < -0.39 is 0 Å². The summed E-state index contributed by atoms with van der Waals surface area (Å²) >= 11 is 0. The molecule has 1 saturated heterocycles. The molecular formula is C25H30N2O2. The van der Waals surface area contributed by atoms with Gasteiger partial charge in [-0.1, -0.05) is 18.2 Å². The van der Waals surface area contributed by atoms with Crippen molar-refractivity contribution in [2.24, 2.45) is 0 Å². The van der Waals surface area contributed by atoms with Crippen LogP contribution in [0.5, 0.6) is 5.75 Å². The van der Waals surface area contributed by atoms with Crippen molar-refractivity contribution in [2.45, 2.75) is 25.8 Å². The molecule has 152 valence electrons. The summed E-state index contributed by atoms with van der Waals surface area (Å²) in [5.41, 5.74) is 3.20. The van der Waals surface area contributed by atoms with Crippen LogP contribution >= 0.6 is 0 Å². The Kier molecular flexibility index (Phi) is 5.91. The summed E-state index contributed by atoms with van der Waals surface area (Å²) in [7, 11) is 4.09. The van der Waals surface area contributed by atoms with Gasteiger partial charge in [0.1, 0.15) is 23.7 Å². The van der Waals surface area contributed by atoms with E-state index in [1.807, 2.05) is 32.3 Å². The zero-order valence-electron chi connectivity index (χ0n) is 17.6. The summed E-state index contributed by atoms with van der Waals surface area (Å²) < 4.78 is 12.0. The van der Waals surface area contributed by atoms with Gasteiger partial charge in [0.15, 0.2) is 0 Å². The van der Waals surface area contributed by atoms with Crippen molar-refractivity contribution >= 4 is 28.8 Å². The quantitative estimate of drug-likeness (QED) is 0.530. The molecule has 0 aliphatic carbocycles. The summed E-state index contributed by atoms with van der Waals surface area (Å²) in [5, 5.41) is 1.09. The van der Waals surface area contributed by atoms with Crippen molar-refractivity contribution in [1.29, 1.82) is 0 Å². The molecule has 0 radical (unpaired) electrons. The third-order valence-corrected chi connectivity index (χ3v) is 5.62.